The molecule has 1 aromatic heterocycles. The Kier molecular flexibility index (Phi) is 6.68. The van der Waals surface area contributed by atoms with Gasteiger partial charge < -0.3 is 25.0 Å². The summed E-state index contributed by atoms with van der Waals surface area (Å²) >= 11 is 0. The molecule has 0 fully saturated rings. The fourth-order valence-electron chi connectivity index (χ4n) is 3.95. The molecule has 0 saturated heterocycles. The van der Waals surface area contributed by atoms with Crippen LogP contribution in [0.4, 0.5) is 4.79 Å². The SMILES string of the molecule is O=C(O)CCC(NC(=O)OCC1c2ccccc2-c2ccccc21)C(=O)NCc1ccno1. The number of carboxylic acid groups (broad SMARTS) is 1. The van der Waals surface area contributed by atoms with Crippen LogP contribution in [0, 0.1) is 0 Å². The summed E-state index contributed by atoms with van der Waals surface area (Å²) in [5.41, 5.74) is 4.35. The van der Waals surface area contributed by atoms with Gasteiger partial charge in [-0.25, -0.2) is 4.79 Å². The van der Waals surface area contributed by atoms with Crippen molar-refractivity contribution < 1.29 is 28.8 Å². The van der Waals surface area contributed by atoms with Crippen LogP contribution in [0.25, 0.3) is 11.1 Å². The number of alkyl carbamates (subject to hydrolysis) is 1. The van der Waals surface area contributed by atoms with Crippen LogP contribution in [0.1, 0.15) is 35.6 Å². The lowest BCUT2D eigenvalue weighted by molar-refractivity contribution is -0.137. The van der Waals surface area contributed by atoms with Crippen molar-refractivity contribution in [3.63, 3.8) is 0 Å². The zero-order valence-electron chi connectivity index (χ0n) is 17.7. The van der Waals surface area contributed by atoms with Crippen LogP contribution < -0.4 is 10.6 Å². The fraction of sp³-hybridized carbons (Fsp3) is 0.250. The molecule has 4 rings (SSSR count). The molecular weight excluding hydrogens is 426 g/mol. The van der Waals surface area contributed by atoms with Gasteiger partial charge in [0.1, 0.15) is 12.6 Å². The number of aromatic nitrogens is 1. The van der Waals surface area contributed by atoms with Crippen LogP contribution >= 0.6 is 0 Å². The largest absolute Gasteiger partial charge is 0.481 e. The van der Waals surface area contributed by atoms with Crippen LogP contribution in [0.2, 0.25) is 0 Å². The second-order valence-electron chi connectivity index (χ2n) is 7.65. The average molecular weight is 449 g/mol. The highest BCUT2D eigenvalue weighted by Gasteiger charge is 2.30. The molecule has 0 saturated carbocycles. The van der Waals surface area contributed by atoms with Crippen molar-refractivity contribution in [2.24, 2.45) is 0 Å². The number of carboxylic acids is 1. The second kappa shape index (κ2) is 9.99. The molecule has 3 aromatic rings. The maximum atomic E-state index is 12.5. The molecular formula is C24H23N3O6. The van der Waals surface area contributed by atoms with Crippen molar-refractivity contribution in [2.75, 3.05) is 6.61 Å². The third-order valence-corrected chi connectivity index (χ3v) is 5.53. The van der Waals surface area contributed by atoms with E-state index in [2.05, 4.69) is 15.8 Å². The van der Waals surface area contributed by atoms with Crippen molar-refractivity contribution in [1.29, 1.82) is 0 Å². The van der Waals surface area contributed by atoms with Crippen molar-refractivity contribution in [2.45, 2.75) is 31.3 Å². The normalized spacial score (nSPS) is 13.0. The molecule has 0 spiro atoms. The summed E-state index contributed by atoms with van der Waals surface area (Å²) in [4.78, 5) is 36.1. The molecule has 0 radical (unpaired) electrons. The average Bonchev–Trinajstić information content (AvgIpc) is 3.45. The number of rotatable bonds is 9. The molecule has 9 heteroatoms. The van der Waals surface area contributed by atoms with Crippen molar-refractivity contribution >= 4 is 18.0 Å². The Morgan fingerprint density at radius 3 is 2.30 bits per heavy atom. The number of fused-ring (bicyclic) bond motifs is 3. The number of nitrogens with one attached hydrogen (secondary N) is 2. The number of nitrogens with zero attached hydrogens (tertiary/aromatic N) is 1. The quantitative estimate of drug-likeness (QED) is 0.458. The van der Waals surface area contributed by atoms with Crippen LogP contribution in [0.15, 0.2) is 65.3 Å². The maximum absolute atomic E-state index is 12.5. The van der Waals surface area contributed by atoms with Crippen LogP contribution in [-0.4, -0.2) is 40.9 Å². The smallest absolute Gasteiger partial charge is 0.407 e. The van der Waals surface area contributed by atoms with Crippen LogP contribution in [-0.2, 0) is 20.9 Å². The number of benzene rings is 2. The zero-order chi connectivity index (χ0) is 23.2. The van der Waals surface area contributed by atoms with Gasteiger partial charge in [0.25, 0.3) is 0 Å². The van der Waals surface area contributed by atoms with E-state index in [1.54, 1.807) is 6.07 Å². The summed E-state index contributed by atoms with van der Waals surface area (Å²) < 4.78 is 10.4. The van der Waals surface area contributed by atoms with E-state index in [0.717, 1.165) is 22.3 Å². The lowest BCUT2D eigenvalue weighted by Gasteiger charge is -2.19. The number of carbonyl (C=O) groups excluding carboxylic acids is 2. The van der Waals surface area contributed by atoms with Gasteiger partial charge >= 0.3 is 12.1 Å². The van der Waals surface area contributed by atoms with Gasteiger partial charge in [0.05, 0.1) is 12.7 Å². The van der Waals surface area contributed by atoms with Gasteiger partial charge in [-0.1, -0.05) is 53.7 Å². The standard InChI is InChI=1S/C24H23N3O6/c28-22(29)10-9-21(23(30)25-13-15-11-12-26-33-15)27-24(31)32-14-20-18-7-3-1-5-16(18)17-6-2-4-8-19(17)20/h1-8,11-12,20-21H,9-10,13-14H2,(H,25,30)(H,27,31)(H,28,29). The van der Waals surface area contributed by atoms with Gasteiger partial charge in [0.2, 0.25) is 5.91 Å². The highest BCUT2D eigenvalue weighted by atomic mass is 16.5. The van der Waals surface area contributed by atoms with Gasteiger partial charge in [0.15, 0.2) is 5.76 Å². The van der Waals surface area contributed by atoms with Gasteiger partial charge in [-0.15, -0.1) is 0 Å². The molecule has 1 unspecified atom stereocenters. The predicted molar refractivity (Wildman–Crippen MR) is 117 cm³/mol. The van der Waals surface area contributed by atoms with Crippen molar-refractivity contribution in [1.82, 2.24) is 15.8 Å². The molecule has 1 atom stereocenters. The maximum Gasteiger partial charge on any atom is 0.407 e. The summed E-state index contributed by atoms with van der Waals surface area (Å²) in [6, 6.07) is 16.4. The zero-order valence-corrected chi connectivity index (χ0v) is 17.7. The van der Waals surface area contributed by atoms with E-state index in [1.165, 1.54) is 6.20 Å². The minimum atomic E-state index is -1.07. The Hall–Kier alpha value is -4.14. The summed E-state index contributed by atoms with van der Waals surface area (Å²) in [7, 11) is 0. The molecule has 1 heterocycles. The number of amides is 2. The van der Waals surface area contributed by atoms with E-state index in [9.17, 15) is 14.4 Å². The molecule has 2 aromatic carbocycles. The Bertz CT molecular complexity index is 1100. The van der Waals surface area contributed by atoms with Crippen molar-refractivity contribution in [3.8, 4) is 11.1 Å². The number of hydrogen-bond acceptors (Lipinski definition) is 6. The first-order chi connectivity index (χ1) is 16.0. The summed E-state index contributed by atoms with van der Waals surface area (Å²) in [6.45, 7) is 0.153. The Morgan fingerprint density at radius 2 is 1.70 bits per heavy atom. The topological polar surface area (TPSA) is 131 Å². The Labute approximate surface area is 189 Å². The molecule has 170 valence electrons. The van der Waals surface area contributed by atoms with E-state index >= 15 is 0 Å². The number of aliphatic carboxylic acids is 1. The first-order valence-electron chi connectivity index (χ1n) is 10.5. The second-order valence-corrected chi connectivity index (χ2v) is 7.65. The molecule has 1 aliphatic carbocycles. The first kappa shape index (κ1) is 22.1. The molecule has 3 N–H and O–H groups in total. The minimum absolute atomic E-state index is 0.0643. The summed E-state index contributed by atoms with van der Waals surface area (Å²) in [6.07, 6.45) is 0.284. The number of ether oxygens (including phenoxy) is 1. The third kappa shape index (κ3) is 5.20. The summed E-state index contributed by atoms with van der Waals surface area (Å²) in [5.74, 6) is -1.30. The predicted octanol–water partition coefficient (Wildman–Crippen LogP) is 3.06. The monoisotopic (exact) mass is 449 g/mol. The van der Waals surface area contributed by atoms with Crippen LogP contribution in [0.5, 0.6) is 0 Å². The fourth-order valence-corrected chi connectivity index (χ4v) is 3.95. The summed E-state index contributed by atoms with van der Waals surface area (Å²) in [5, 5.41) is 17.6. The molecule has 33 heavy (non-hydrogen) atoms. The number of carbonyl (C=O) groups is 3. The van der Waals surface area contributed by atoms with Gasteiger partial charge in [-0.3, -0.25) is 9.59 Å². The van der Waals surface area contributed by atoms with Crippen molar-refractivity contribution in [3.05, 3.63) is 77.7 Å². The van der Waals surface area contributed by atoms with Gasteiger partial charge in [-0.2, -0.15) is 0 Å². The highest BCUT2D eigenvalue weighted by Crippen LogP contribution is 2.44. The molecule has 0 bridgehead atoms. The highest BCUT2D eigenvalue weighted by molar-refractivity contribution is 5.86. The third-order valence-electron chi connectivity index (χ3n) is 5.53. The first-order valence-corrected chi connectivity index (χ1v) is 10.5. The minimum Gasteiger partial charge on any atom is -0.481 e. The Balaban J connectivity index is 1.39. The van der Waals surface area contributed by atoms with Crippen LogP contribution in [0.3, 0.4) is 0 Å². The number of hydrogen-bond donors (Lipinski definition) is 3. The van der Waals surface area contributed by atoms with Gasteiger partial charge in [-0.05, 0) is 28.7 Å². The van der Waals surface area contributed by atoms with E-state index in [1.807, 2.05) is 48.5 Å². The lowest BCUT2D eigenvalue weighted by Crippen LogP contribution is -2.47. The van der Waals surface area contributed by atoms with E-state index in [0.29, 0.717) is 5.76 Å². The van der Waals surface area contributed by atoms with E-state index in [-0.39, 0.29) is 31.9 Å². The van der Waals surface area contributed by atoms with E-state index < -0.39 is 24.0 Å². The van der Waals surface area contributed by atoms with E-state index in [4.69, 9.17) is 14.4 Å². The van der Waals surface area contributed by atoms with Gasteiger partial charge in [0, 0.05) is 18.4 Å². The molecule has 0 aliphatic heterocycles. The lowest BCUT2D eigenvalue weighted by atomic mass is 9.98. The molecule has 1 aliphatic rings. The molecule has 9 nitrogen and oxygen atoms in total. The Morgan fingerprint density at radius 1 is 1.03 bits per heavy atom. The molecule has 2 amide bonds.